The number of ether oxygens (including phenoxy) is 1. The number of halogens is 1. The van der Waals surface area contributed by atoms with Gasteiger partial charge in [0.15, 0.2) is 0 Å². The van der Waals surface area contributed by atoms with E-state index in [1.54, 1.807) is 6.20 Å². The lowest BCUT2D eigenvalue weighted by molar-refractivity contribution is 0.154. The number of hydrogen-bond acceptors (Lipinski definition) is 4. The molecule has 0 fully saturated rings. The van der Waals surface area contributed by atoms with Crippen molar-refractivity contribution in [3.8, 4) is 5.88 Å². The predicted octanol–water partition coefficient (Wildman–Crippen LogP) is 2.05. The highest BCUT2D eigenvalue weighted by Crippen LogP contribution is 2.26. The van der Waals surface area contributed by atoms with Crippen LogP contribution in [0.1, 0.15) is 12.0 Å². The largest absolute Gasteiger partial charge is 0.472 e. The molecule has 1 aliphatic rings. The zero-order chi connectivity index (χ0) is 14.0. The number of thiocarbonyl (C=S) groups is 1. The van der Waals surface area contributed by atoms with Crippen molar-refractivity contribution in [2.24, 2.45) is 0 Å². The average Bonchev–Trinajstić information content (AvgIpc) is 2.47. The first-order chi connectivity index (χ1) is 8.97. The molecule has 2 heterocycles. The van der Waals surface area contributed by atoms with Crippen LogP contribution in [0.5, 0.6) is 5.88 Å². The summed E-state index contributed by atoms with van der Waals surface area (Å²) < 4.78 is 5.98. The second-order valence-electron chi connectivity index (χ2n) is 5.02. The first kappa shape index (κ1) is 14.5. The molecule has 0 spiro atoms. The molecule has 0 radical (unpaired) electrons. The Labute approximate surface area is 124 Å². The molecule has 0 unspecified atom stereocenters. The van der Waals surface area contributed by atoms with Crippen molar-refractivity contribution in [1.82, 2.24) is 14.8 Å². The summed E-state index contributed by atoms with van der Waals surface area (Å²) in [7, 11) is 6.08. The molecule has 0 amide bonds. The maximum Gasteiger partial charge on any atom is 0.224 e. The third kappa shape index (κ3) is 3.55. The maximum absolute atomic E-state index is 5.98. The molecule has 0 aromatic carbocycles. The van der Waals surface area contributed by atoms with Crippen LogP contribution < -0.4 is 4.74 Å². The van der Waals surface area contributed by atoms with Crippen molar-refractivity contribution >= 4 is 28.8 Å². The molecule has 0 saturated heterocycles. The fourth-order valence-electron chi connectivity index (χ4n) is 2.02. The first-order valence-corrected chi connectivity index (χ1v) is 6.98. The Balaban J connectivity index is 2.22. The fraction of sp³-hybridized carbons (Fsp3) is 0.538. The summed E-state index contributed by atoms with van der Waals surface area (Å²) in [6, 6.07) is 1.82. The molecule has 1 aliphatic heterocycles. The Morgan fingerprint density at radius 3 is 3.00 bits per heavy atom. The number of fused-ring (bicyclic) bond motifs is 1. The average molecular weight is 300 g/mol. The summed E-state index contributed by atoms with van der Waals surface area (Å²) in [6.45, 7) is 1.73. The molecule has 1 atom stereocenters. The molecule has 4 nitrogen and oxygen atoms in total. The third-order valence-electron chi connectivity index (χ3n) is 3.05. The number of pyridine rings is 1. The summed E-state index contributed by atoms with van der Waals surface area (Å²) in [6.07, 6.45) is 2.61. The Kier molecular flexibility index (Phi) is 4.60. The van der Waals surface area contributed by atoms with Crippen LogP contribution in [-0.2, 0) is 0 Å². The molecular formula is C13H18ClN3OS. The molecule has 0 bridgehead atoms. The number of likely N-dealkylation sites (N-methyl/N-ethyl adjacent to an activating group) is 1. The number of aromatic nitrogens is 1. The van der Waals surface area contributed by atoms with Crippen LogP contribution in [0.3, 0.4) is 0 Å². The Morgan fingerprint density at radius 2 is 2.32 bits per heavy atom. The highest BCUT2D eigenvalue weighted by atomic mass is 35.5. The van der Waals surface area contributed by atoms with Gasteiger partial charge in [0.25, 0.3) is 0 Å². The smallest absolute Gasteiger partial charge is 0.224 e. The molecule has 2 rings (SSSR count). The number of rotatable bonds is 3. The van der Waals surface area contributed by atoms with Crippen LogP contribution >= 0.6 is 23.8 Å². The molecule has 104 valence electrons. The van der Waals surface area contributed by atoms with Gasteiger partial charge < -0.3 is 14.5 Å². The van der Waals surface area contributed by atoms with Crippen molar-refractivity contribution in [2.45, 2.75) is 12.5 Å². The van der Waals surface area contributed by atoms with Gasteiger partial charge in [0.2, 0.25) is 5.88 Å². The molecule has 1 aromatic heterocycles. The van der Waals surface area contributed by atoms with E-state index in [1.807, 2.05) is 18.0 Å². The molecule has 0 N–H and O–H groups in total. The molecule has 1 aromatic rings. The fourth-order valence-corrected chi connectivity index (χ4v) is 2.39. The van der Waals surface area contributed by atoms with Crippen molar-refractivity contribution in [3.63, 3.8) is 0 Å². The van der Waals surface area contributed by atoms with E-state index in [1.165, 1.54) is 0 Å². The van der Waals surface area contributed by atoms with Gasteiger partial charge in [0.1, 0.15) is 11.1 Å². The number of nitrogens with zero attached hydrogens (tertiary/aromatic N) is 3. The number of hydrogen-bond donors (Lipinski definition) is 0. The molecule has 6 heteroatoms. The Bertz CT molecular complexity index is 481. The van der Waals surface area contributed by atoms with Crippen LogP contribution in [0.2, 0.25) is 5.02 Å². The summed E-state index contributed by atoms with van der Waals surface area (Å²) in [5.74, 6) is 0.586. The molecule has 0 aliphatic carbocycles. The maximum atomic E-state index is 5.98. The van der Waals surface area contributed by atoms with Crippen molar-refractivity contribution < 1.29 is 4.74 Å². The normalized spacial score (nSPS) is 19.1. The standard InChI is InChI=1S/C13H18ClN3OS/c1-16(2)5-4-10-8-17(3)13(19)11-6-9(14)7-15-12(11)18-10/h6-7,10H,4-5,8H2,1-3H3/t10-/m0/s1. The van der Waals surface area contributed by atoms with E-state index in [0.717, 1.165) is 30.1 Å². The van der Waals surface area contributed by atoms with E-state index < -0.39 is 0 Å². The zero-order valence-electron chi connectivity index (χ0n) is 11.4. The van der Waals surface area contributed by atoms with Gasteiger partial charge in [-0.25, -0.2) is 4.98 Å². The van der Waals surface area contributed by atoms with Gasteiger partial charge in [-0.15, -0.1) is 0 Å². The van der Waals surface area contributed by atoms with Crippen molar-refractivity contribution in [2.75, 3.05) is 34.2 Å². The molecule has 19 heavy (non-hydrogen) atoms. The van der Waals surface area contributed by atoms with Gasteiger partial charge in [0.05, 0.1) is 17.1 Å². The van der Waals surface area contributed by atoms with Crippen molar-refractivity contribution in [1.29, 1.82) is 0 Å². The first-order valence-electron chi connectivity index (χ1n) is 6.19. The second-order valence-corrected chi connectivity index (χ2v) is 5.85. The van der Waals surface area contributed by atoms with Gasteiger partial charge >= 0.3 is 0 Å². The minimum absolute atomic E-state index is 0.0836. The Morgan fingerprint density at radius 1 is 1.58 bits per heavy atom. The SMILES string of the molecule is CN(C)CC[C@H]1CN(C)C(=S)c2cc(Cl)cnc2O1. The lowest BCUT2D eigenvalue weighted by Crippen LogP contribution is -2.35. The molecular weight excluding hydrogens is 282 g/mol. The summed E-state index contributed by atoms with van der Waals surface area (Å²) >= 11 is 11.4. The highest BCUT2D eigenvalue weighted by Gasteiger charge is 2.25. The van der Waals surface area contributed by atoms with Gasteiger partial charge in [-0.3, -0.25) is 0 Å². The van der Waals surface area contributed by atoms with E-state index in [-0.39, 0.29) is 6.10 Å². The Hall–Kier alpha value is -0.910. The van der Waals surface area contributed by atoms with Crippen LogP contribution in [0.15, 0.2) is 12.3 Å². The monoisotopic (exact) mass is 299 g/mol. The van der Waals surface area contributed by atoms with Crippen molar-refractivity contribution in [3.05, 3.63) is 22.8 Å². The van der Waals surface area contributed by atoms with Gasteiger partial charge in [-0.05, 0) is 26.6 Å². The minimum atomic E-state index is 0.0836. The van der Waals surface area contributed by atoms with Crippen LogP contribution in [0.4, 0.5) is 0 Å². The van der Waals surface area contributed by atoms with Gasteiger partial charge in [-0.1, -0.05) is 23.8 Å². The van der Waals surface area contributed by atoms with E-state index in [9.17, 15) is 0 Å². The van der Waals surface area contributed by atoms with Crippen LogP contribution in [0.25, 0.3) is 0 Å². The summed E-state index contributed by atoms with van der Waals surface area (Å²) in [5.41, 5.74) is 0.803. The third-order valence-corrected chi connectivity index (χ3v) is 3.79. The zero-order valence-corrected chi connectivity index (χ0v) is 13.0. The highest BCUT2D eigenvalue weighted by molar-refractivity contribution is 7.80. The minimum Gasteiger partial charge on any atom is -0.472 e. The summed E-state index contributed by atoms with van der Waals surface area (Å²) in [5, 5.41) is 0.574. The van der Waals surface area contributed by atoms with E-state index in [4.69, 9.17) is 28.6 Å². The van der Waals surface area contributed by atoms with E-state index >= 15 is 0 Å². The topological polar surface area (TPSA) is 28.6 Å². The van der Waals surface area contributed by atoms with E-state index in [2.05, 4.69) is 24.0 Å². The predicted molar refractivity (Wildman–Crippen MR) is 81.2 cm³/mol. The van der Waals surface area contributed by atoms with Gasteiger partial charge in [0, 0.05) is 19.8 Å². The van der Waals surface area contributed by atoms with Crippen LogP contribution in [-0.4, -0.2) is 60.1 Å². The van der Waals surface area contributed by atoms with Crippen LogP contribution in [0, 0.1) is 0 Å². The quantitative estimate of drug-likeness (QED) is 0.797. The second kappa shape index (κ2) is 6.03. The molecule has 0 saturated carbocycles. The lowest BCUT2D eigenvalue weighted by Gasteiger charge is -2.22. The summed E-state index contributed by atoms with van der Waals surface area (Å²) in [4.78, 5) is 9.16. The lowest BCUT2D eigenvalue weighted by atomic mass is 10.2. The van der Waals surface area contributed by atoms with Gasteiger partial charge in [-0.2, -0.15) is 0 Å². The van der Waals surface area contributed by atoms with E-state index in [0.29, 0.717) is 10.9 Å².